The second-order valence-corrected chi connectivity index (χ2v) is 8.97. The Hall–Kier alpha value is -2.05. The van der Waals surface area contributed by atoms with Crippen molar-refractivity contribution in [1.82, 2.24) is 5.32 Å². The van der Waals surface area contributed by atoms with Crippen LogP contribution in [0.4, 0.5) is 5.69 Å². The number of hydrogen-bond donors (Lipinski definition) is 2. The topological polar surface area (TPSA) is 75.3 Å². The van der Waals surface area contributed by atoms with E-state index in [1.54, 1.807) is 12.1 Å². The van der Waals surface area contributed by atoms with E-state index < -0.39 is 15.4 Å². The first-order chi connectivity index (χ1) is 12.2. The normalized spacial score (nSPS) is 15.5. The van der Waals surface area contributed by atoms with Gasteiger partial charge >= 0.3 is 0 Å². The molecule has 0 saturated heterocycles. The Morgan fingerprint density at radius 2 is 1.62 bits per heavy atom. The van der Waals surface area contributed by atoms with Crippen molar-refractivity contribution in [2.45, 2.75) is 43.0 Å². The minimum atomic E-state index is -3.68. The SMILES string of the molecule is CC(C)NC(=O)C1(c2ccc(NS(=O)(=O)c3ccc(Cl)cc3)cc2)CC1. The number of nitrogens with one attached hydrogen (secondary N) is 2. The fourth-order valence-corrected chi connectivity index (χ4v) is 4.04. The van der Waals surface area contributed by atoms with Crippen LogP contribution in [0, 0.1) is 0 Å². The molecule has 0 bridgehead atoms. The molecule has 1 aliphatic carbocycles. The van der Waals surface area contributed by atoms with Gasteiger partial charge in [-0.05, 0) is 68.7 Å². The van der Waals surface area contributed by atoms with Crippen molar-refractivity contribution in [2.75, 3.05) is 4.72 Å². The molecule has 2 aromatic carbocycles. The van der Waals surface area contributed by atoms with Gasteiger partial charge in [-0.15, -0.1) is 0 Å². The molecule has 0 unspecified atom stereocenters. The van der Waals surface area contributed by atoms with Gasteiger partial charge in [-0.25, -0.2) is 8.42 Å². The van der Waals surface area contributed by atoms with Gasteiger partial charge in [0.05, 0.1) is 10.3 Å². The molecule has 7 heteroatoms. The molecule has 1 fully saturated rings. The van der Waals surface area contributed by atoms with E-state index in [0.29, 0.717) is 10.7 Å². The molecule has 0 heterocycles. The zero-order valence-corrected chi connectivity index (χ0v) is 16.2. The summed E-state index contributed by atoms with van der Waals surface area (Å²) in [6.07, 6.45) is 1.61. The first-order valence-electron chi connectivity index (χ1n) is 8.43. The maximum Gasteiger partial charge on any atom is 0.261 e. The Balaban J connectivity index is 1.76. The summed E-state index contributed by atoms with van der Waals surface area (Å²) in [5.41, 5.74) is 0.881. The molecule has 138 valence electrons. The Kier molecular flexibility index (Phi) is 4.99. The second kappa shape index (κ2) is 6.93. The third-order valence-corrected chi connectivity index (χ3v) is 6.07. The number of carbonyl (C=O) groups excluding carboxylic acids is 1. The molecular formula is C19H21ClN2O3S. The number of hydrogen-bond acceptors (Lipinski definition) is 3. The van der Waals surface area contributed by atoms with Crippen LogP contribution in [0.5, 0.6) is 0 Å². The molecular weight excluding hydrogens is 372 g/mol. The molecule has 3 rings (SSSR count). The minimum Gasteiger partial charge on any atom is -0.353 e. The molecule has 0 radical (unpaired) electrons. The summed E-state index contributed by atoms with van der Waals surface area (Å²) >= 11 is 5.80. The summed E-state index contributed by atoms with van der Waals surface area (Å²) < 4.78 is 27.4. The van der Waals surface area contributed by atoms with Gasteiger partial charge < -0.3 is 5.32 Å². The van der Waals surface area contributed by atoms with Crippen molar-refractivity contribution in [3.8, 4) is 0 Å². The summed E-state index contributed by atoms with van der Waals surface area (Å²) in [6, 6.07) is 13.1. The maximum atomic E-state index is 12.4. The lowest BCUT2D eigenvalue weighted by Crippen LogP contribution is -2.38. The van der Waals surface area contributed by atoms with Crippen molar-refractivity contribution in [2.24, 2.45) is 0 Å². The summed E-state index contributed by atoms with van der Waals surface area (Å²) in [5, 5.41) is 3.44. The van der Waals surface area contributed by atoms with Gasteiger partial charge in [0.25, 0.3) is 10.0 Å². The van der Waals surface area contributed by atoms with E-state index in [9.17, 15) is 13.2 Å². The monoisotopic (exact) mass is 392 g/mol. The quantitative estimate of drug-likeness (QED) is 0.787. The molecule has 0 aliphatic heterocycles. The van der Waals surface area contributed by atoms with E-state index in [2.05, 4.69) is 10.0 Å². The van der Waals surface area contributed by atoms with E-state index in [0.717, 1.165) is 18.4 Å². The molecule has 1 saturated carbocycles. The van der Waals surface area contributed by atoms with E-state index in [1.807, 2.05) is 26.0 Å². The van der Waals surface area contributed by atoms with Crippen LogP contribution in [0.2, 0.25) is 5.02 Å². The zero-order valence-electron chi connectivity index (χ0n) is 14.6. The number of benzene rings is 2. The van der Waals surface area contributed by atoms with Crippen LogP contribution in [0.3, 0.4) is 0 Å². The van der Waals surface area contributed by atoms with Gasteiger partial charge in [-0.3, -0.25) is 9.52 Å². The van der Waals surface area contributed by atoms with Gasteiger partial charge in [-0.2, -0.15) is 0 Å². The van der Waals surface area contributed by atoms with Gasteiger partial charge in [-0.1, -0.05) is 23.7 Å². The Labute approximate surface area is 158 Å². The molecule has 0 aromatic heterocycles. The van der Waals surface area contributed by atoms with E-state index >= 15 is 0 Å². The molecule has 0 spiro atoms. The van der Waals surface area contributed by atoms with Crippen LogP contribution in [0.1, 0.15) is 32.3 Å². The van der Waals surface area contributed by atoms with Gasteiger partial charge in [0.2, 0.25) is 5.91 Å². The number of carbonyl (C=O) groups is 1. The molecule has 1 amide bonds. The fourth-order valence-electron chi connectivity index (χ4n) is 2.86. The lowest BCUT2D eigenvalue weighted by Gasteiger charge is -2.18. The van der Waals surface area contributed by atoms with Crippen LogP contribution in [-0.4, -0.2) is 20.4 Å². The number of sulfonamides is 1. The standard InChI is InChI=1S/C19H21ClN2O3S/c1-13(2)21-18(23)19(11-12-19)14-3-7-16(8-4-14)22-26(24,25)17-9-5-15(20)6-10-17/h3-10,13,22H,11-12H2,1-2H3,(H,21,23). The average Bonchev–Trinajstić information content (AvgIpc) is 3.37. The van der Waals surface area contributed by atoms with Crippen molar-refractivity contribution >= 4 is 33.2 Å². The van der Waals surface area contributed by atoms with E-state index in [1.165, 1.54) is 24.3 Å². The highest BCUT2D eigenvalue weighted by Crippen LogP contribution is 2.48. The summed E-state index contributed by atoms with van der Waals surface area (Å²) in [4.78, 5) is 12.6. The lowest BCUT2D eigenvalue weighted by atomic mass is 9.94. The Morgan fingerprint density at radius 1 is 1.04 bits per heavy atom. The number of amides is 1. The zero-order chi connectivity index (χ0) is 18.9. The second-order valence-electron chi connectivity index (χ2n) is 6.85. The highest BCUT2D eigenvalue weighted by atomic mass is 35.5. The molecule has 26 heavy (non-hydrogen) atoms. The van der Waals surface area contributed by atoms with Gasteiger partial charge in [0.15, 0.2) is 0 Å². The highest BCUT2D eigenvalue weighted by Gasteiger charge is 2.51. The minimum absolute atomic E-state index is 0.0296. The molecule has 2 N–H and O–H groups in total. The third kappa shape index (κ3) is 3.86. The van der Waals surface area contributed by atoms with Crippen LogP contribution in [0.15, 0.2) is 53.4 Å². The van der Waals surface area contributed by atoms with Crippen LogP contribution < -0.4 is 10.0 Å². The third-order valence-electron chi connectivity index (χ3n) is 4.42. The predicted molar refractivity (Wildman–Crippen MR) is 103 cm³/mol. The largest absolute Gasteiger partial charge is 0.353 e. The number of halogens is 1. The lowest BCUT2D eigenvalue weighted by molar-refractivity contribution is -0.124. The van der Waals surface area contributed by atoms with Crippen LogP contribution >= 0.6 is 11.6 Å². The van der Waals surface area contributed by atoms with Crippen LogP contribution in [-0.2, 0) is 20.2 Å². The van der Waals surface area contributed by atoms with Crippen LogP contribution in [0.25, 0.3) is 0 Å². The fraction of sp³-hybridized carbons (Fsp3) is 0.316. The highest BCUT2D eigenvalue weighted by molar-refractivity contribution is 7.92. The van der Waals surface area contributed by atoms with Crippen molar-refractivity contribution in [3.05, 3.63) is 59.1 Å². The summed E-state index contributed by atoms with van der Waals surface area (Å²) in [6.45, 7) is 3.87. The summed E-state index contributed by atoms with van der Waals surface area (Å²) in [5.74, 6) is 0.0296. The first-order valence-corrected chi connectivity index (χ1v) is 10.3. The summed E-state index contributed by atoms with van der Waals surface area (Å²) in [7, 11) is -3.68. The average molecular weight is 393 g/mol. The van der Waals surface area contributed by atoms with E-state index in [4.69, 9.17) is 11.6 Å². The molecule has 0 atom stereocenters. The molecule has 5 nitrogen and oxygen atoms in total. The smallest absolute Gasteiger partial charge is 0.261 e. The number of anilines is 1. The Morgan fingerprint density at radius 3 is 2.12 bits per heavy atom. The van der Waals surface area contributed by atoms with E-state index in [-0.39, 0.29) is 16.8 Å². The van der Waals surface area contributed by atoms with Crippen molar-refractivity contribution in [1.29, 1.82) is 0 Å². The molecule has 1 aliphatic rings. The van der Waals surface area contributed by atoms with Crippen molar-refractivity contribution < 1.29 is 13.2 Å². The molecule has 2 aromatic rings. The Bertz CT molecular complexity index is 903. The van der Waals surface area contributed by atoms with Gasteiger partial charge in [0.1, 0.15) is 0 Å². The predicted octanol–water partition coefficient (Wildman–Crippen LogP) is 3.70. The van der Waals surface area contributed by atoms with Gasteiger partial charge in [0, 0.05) is 16.8 Å². The van der Waals surface area contributed by atoms with Crippen molar-refractivity contribution in [3.63, 3.8) is 0 Å². The maximum absolute atomic E-state index is 12.4. The number of rotatable bonds is 6. The first kappa shape index (κ1) is 18.7.